The topological polar surface area (TPSA) is 55.7 Å². The zero-order valence-electron chi connectivity index (χ0n) is 30.1. The Morgan fingerprint density at radius 2 is 0.818 bits per heavy atom. The quantitative estimate of drug-likeness (QED) is 0.160. The number of benzene rings is 8. The van der Waals surface area contributed by atoms with Gasteiger partial charge in [-0.25, -0.2) is 15.0 Å². The lowest BCUT2D eigenvalue weighted by Crippen LogP contribution is -2.08. The molecule has 1 atom stereocenters. The molecule has 0 N–H and O–H groups in total. The van der Waals surface area contributed by atoms with Crippen LogP contribution in [0.5, 0.6) is 0 Å². The summed E-state index contributed by atoms with van der Waals surface area (Å²) in [6, 6.07) is 64.9. The van der Waals surface area contributed by atoms with E-state index in [1.165, 1.54) is 10.9 Å². The first kappa shape index (κ1) is 32.9. The SMILES string of the molecule is CP1(=O)c2ccccc2-c2ccc(-c3cc(-c4ccc(-c5nc(-c6ccccc6)nc(-c6ccc(-c7ccccc7)cc6)n5)cc4)c4ccccc4c3)cc21. The van der Waals surface area contributed by atoms with Gasteiger partial charge in [-0.15, -0.1) is 0 Å². The molecule has 0 radical (unpaired) electrons. The molecule has 0 amide bonds. The molecule has 4 nitrogen and oxygen atoms in total. The second-order valence-corrected chi connectivity index (χ2v) is 16.9. The maximum atomic E-state index is 14.1. The maximum absolute atomic E-state index is 14.1. The molecule has 5 heteroatoms. The number of rotatable bonds is 6. The third kappa shape index (κ3) is 5.88. The molecule has 1 aliphatic heterocycles. The molecule has 0 bridgehead atoms. The maximum Gasteiger partial charge on any atom is 0.164 e. The van der Waals surface area contributed by atoms with Crippen molar-refractivity contribution >= 4 is 28.5 Å². The van der Waals surface area contributed by atoms with Crippen molar-refractivity contribution in [1.29, 1.82) is 0 Å². The summed E-state index contributed by atoms with van der Waals surface area (Å²) >= 11 is 0. The molecule has 1 unspecified atom stereocenters. The summed E-state index contributed by atoms with van der Waals surface area (Å²) < 4.78 is 14.1. The third-order valence-electron chi connectivity index (χ3n) is 10.7. The fourth-order valence-electron chi connectivity index (χ4n) is 7.80. The van der Waals surface area contributed by atoms with Gasteiger partial charge < -0.3 is 4.57 Å². The normalized spacial score (nSPS) is 14.4. The van der Waals surface area contributed by atoms with Crippen molar-refractivity contribution in [3.05, 3.63) is 188 Å². The average Bonchev–Trinajstić information content (AvgIpc) is 3.49. The molecule has 9 aromatic rings. The van der Waals surface area contributed by atoms with Crippen molar-refractivity contribution < 1.29 is 4.57 Å². The summed E-state index contributed by atoms with van der Waals surface area (Å²) in [5.74, 6) is 1.87. The first-order chi connectivity index (χ1) is 27.0. The number of hydrogen-bond donors (Lipinski definition) is 0. The van der Waals surface area contributed by atoms with E-state index in [-0.39, 0.29) is 0 Å². The fourth-order valence-corrected chi connectivity index (χ4v) is 10.1. The van der Waals surface area contributed by atoms with Gasteiger partial charge in [0.1, 0.15) is 7.14 Å². The highest BCUT2D eigenvalue weighted by molar-refractivity contribution is 7.79. The van der Waals surface area contributed by atoms with E-state index in [0.29, 0.717) is 17.5 Å². The van der Waals surface area contributed by atoms with E-state index in [4.69, 9.17) is 15.0 Å². The van der Waals surface area contributed by atoms with Gasteiger partial charge in [0.2, 0.25) is 0 Å². The Hall–Kier alpha value is -6.74. The minimum atomic E-state index is -2.70. The molecular formula is C50H34N3OP. The lowest BCUT2D eigenvalue weighted by molar-refractivity contribution is 0.591. The van der Waals surface area contributed by atoms with Crippen molar-refractivity contribution in [3.63, 3.8) is 0 Å². The summed E-state index contributed by atoms with van der Waals surface area (Å²) in [4.78, 5) is 14.9. The average molecular weight is 724 g/mol. The fraction of sp³-hybridized carbons (Fsp3) is 0.0200. The Labute approximate surface area is 320 Å². The van der Waals surface area contributed by atoms with Crippen LogP contribution in [0.1, 0.15) is 0 Å². The van der Waals surface area contributed by atoms with Crippen LogP contribution in [0, 0.1) is 0 Å². The van der Waals surface area contributed by atoms with Gasteiger partial charge in [-0.3, -0.25) is 0 Å². The van der Waals surface area contributed by atoms with Crippen LogP contribution in [0.15, 0.2) is 188 Å². The summed E-state index contributed by atoms with van der Waals surface area (Å²) in [5.41, 5.74) is 11.6. The van der Waals surface area contributed by atoms with Gasteiger partial charge in [-0.05, 0) is 80.1 Å². The van der Waals surface area contributed by atoms with Crippen molar-refractivity contribution in [1.82, 2.24) is 15.0 Å². The van der Waals surface area contributed by atoms with Crippen LogP contribution in [0.4, 0.5) is 0 Å². The molecule has 55 heavy (non-hydrogen) atoms. The first-order valence-electron chi connectivity index (χ1n) is 18.4. The smallest absolute Gasteiger partial charge is 0.164 e. The summed E-state index contributed by atoms with van der Waals surface area (Å²) in [5, 5.41) is 4.20. The molecule has 0 aliphatic carbocycles. The largest absolute Gasteiger partial charge is 0.314 e. The highest BCUT2D eigenvalue weighted by Gasteiger charge is 2.34. The molecule has 10 rings (SSSR count). The molecule has 260 valence electrons. The Balaban J connectivity index is 1.04. The molecule has 1 aromatic heterocycles. The van der Waals surface area contributed by atoms with Gasteiger partial charge in [0.25, 0.3) is 0 Å². The van der Waals surface area contributed by atoms with Crippen LogP contribution in [-0.4, -0.2) is 21.6 Å². The standard InChI is InChI=1S/C50H34N3OP/c1-55(54)46-19-11-10-18-43(46)44-29-28-39(32-47(44)55)41-30-40-16-8-9-17-42(40)45(31-41)35-22-26-38(27-23-35)50-52-48(36-14-6-3-7-15-36)51-49(53-50)37-24-20-34(21-25-37)33-12-4-2-5-13-33/h2-32H,1H3. The van der Waals surface area contributed by atoms with Gasteiger partial charge in [0.05, 0.1) is 0 Å². The molecule has 8 aromatic carbocycles. The Bertz CT molecular complexity index is 2940. The molecule has 2 heterocycles. The van der Waals surface area contributed by atoms with Crippen molar-refractivity contribution in [2.24, 2.45) is 0 Å². The van der Waals surface area contributed by atoms with E-state index in [1.807, 2.05) is 61.3 Å². The van der Waals surface area contributed by atoms with Crippen molar-refractivity contribution in [2.75, 3.05) is 6.66 Å². The van der Waals surface area contributed by atoms with E-state index in [1.54, 1.807) is 0 Å². The second-order valence-electron chi connectivity index (χ2n) is 14.1. The summed E-state index contributed by atoms with van der Waals surface area (Å²) in [7, 11) is -2.70. The van der Waals surface area contributed by atoms with Crippen LogP contribution in [0.3, 0.4) is 0 Å². The van der Waals surface area contributed by atoms with Gasteiger partial charge in [-0.2, -0.15) is 0 Å². The van der Waals surface area contributed by atoms with E-state index in [0.717, 1.165) is 71.6 Å². The monoisotopic (exact) mass is 723 g/mol. The first-order valence-corrected chi connectivity index (χ1v) is 20.6. The zero-order chi connectivity index (χ0) is 36.9. The molecular weight excluding hydrogens is 690 g/mol. The van der Waals surface area contributed by atoms with Gasteiger partial charge in [-0.1, -0.05) is 170 Å². The lowest BCUT2D eigenvalue weighted by atomic mass is 9.92. The zero-order valence-corrected chi connectivity index (χ0v) is 31.0. The lowest BCUT2D eigenvalue weighted by Gasteiger charge is -2.14. The van der Waals surface area contributed by atoms with Crippen LogP contribution in [0.2, 0.25) is 0 Å². The highest BCUT2D eigenvalue weighted by Crippen LogP contribution is 2.50. The second kappa shape index (κ2) is 13.3. The summed E-state index contributed by atoms with van der Waals surface area (Å²) in [6.07, 6.45) is 0. The van der Waals surface area contributed by atoms with Gasteiger partial charge >= 0.3 is 0 Å². The van der Waals surface area contributed by atoms with Gasteiger partial charge in [0, 0.05) is 27.3 Å². The summed E-state index contributed by atoms with van der Waals surface area (Å²) in [6.45, 7) is 1.90. The van der Waals surface area contributed by atoms with Crippen LogP contribution < -0.4 is 10.6 Å². The Morgan fingerprint density at radius 3 is 1.49 bits per heavy atom. The predicted octanol–water partition coefficient (Wildman–Crippen LogP) is 12.0. The Kier molecular flexibility index (Phi) is 7.94. The van der Waals surface area contributed by atoms with E-state index in [2.05, 4.69) is 133 Å². The number of fused-ring (bicyclic) bond motifs is 4. The van der Waals surface area contributed by atoms with Crippen molar-refractivity contribution in [3.8, 4) is 78.7 Å². The van der Waals surface area contributed by atoms with Crippen LogP contribution >= 0.6 is 7.14 Å². The minimum Gasteiger partial charge on any atom is -0.314 e. The third-order valence-corrected chi connectivity index (χ3v) is 13.3. The predicted molar refractivity (Wildman–Crippen MR) is 228 cm³/mol. The van der Waals surface area contributed by atoms with E-state index >= 15 is 0 Å². The molecule has 0 spiro atoms. The van der Waals surface area contributed by atoms with Crippen molar-refractivity contribution in [2.45, 2.75) is 0 Å². The van der Waals surface area contributed by atoms with Crippen LogP contribution in [-0.2, 0) is 4.57 Å². The van der Waals surface area contributed by atoms with E-state index < -0.39 is 7.14 Å². The van der Waals surface area contributed by atoms with Crippen LogP contribution in [0.25, 0.3) is 89.4 Å². The molecule has 1 aliphatic rings. The number of hydrogen-bond acceptors (Lipinski definition) is 4. The Morgan fingerprint density at radius 1 is 0.345 bits per heavy atom. The molecule has 0 saturated carbocycles. The molecule has 0 fully saturated rings. The highest BCUT2D eigenvalue weighted by atomic mass is 31.2. The van der Waals surface area contributed by atoms with Gasteiger partial charge in [0.15, 0.2) is 17.5 Å². The number of nitrogens with zero attached hydrogens (tertiary/aromatic N) is 3. The number of aromatic nitrogens is 3. The van der Waals surface area contributed by atoms with E-state index in [9.17, 15) is 4.57 Å². The molecule has 0 saturated heterocycles. The minimum absolute atomic E-state index is 0.615.